The van der Waals surface area contributed by atoms with Gasteiger partial charge in [-0.05, 0) is 53.9 Å². The number of rotatable bonds is 1. The Morgan fingerprint density at radius 2 is 0.966 bits per heavy atom. The van der Waals surface area contributed by atoms with Crippen LogP contribution in [0.25, 0.3) is 49.0 Å². The highest BCUT2D eigenvalue weighted by molar-refractivity contribution is 6.14. The zero-order valence-corrected chi connectivity index (χ0v) is 16.6. The van der Waals surface area contributed by atoms with Gasteiger partial charge in [-0.1, -0.05) is 72.8 Å². The highest BCUT2D eigenvalue weighted by Crippen LogP contribution is 2.39. The van der Waals surface area contributed by atoms with Gasteiger partial charge in [-0.15, -0.1) is 0 Å². The first-order valence-corrected chi connectivity index (χ1v) is 10.1. The Bertz CT molecular complexity index is 1450. The van der Waals surface area contributed by atoms with Crippen molar-refractivity contribution in [2.75, 3.05) is 0 Å². The molecule has 0 bridgehead atoms. The second-order valence-corrected chi connectivity index (χ2v) is 8.04. The molecule has 0 amide bonds. The van der Waals surface area contributed by atoms with Gasteiger partial charge in [0.05, 0.1) is 16.7 Å². The zero-order valence-electron chi connectivity index (χ0n) is 16.6. The van der Waals surface area contributed by atoms with Crippen molar-refractivity contribution < 1.29 is 0 Å². The second kappa shape index (κ2) is 5.96. The molecule has 1 heterocycles. The van der Waals surface area contributed by atoms with E-state index < -0.39 is 0 Å². The number of aromatic nitrogens is 1. The molecule has 1 heteroatoms. The molecule has 5 aromatic carbocycles. The molecule has 6 rings (SSSR count). The molecular formula is C28H21N. The summed E-state index contributed by atoms with van der Waals surface area (Å²) in [4.78, 5) is 0. The smallest absolute Gasteiger partial charge is 0.0618 e. The third-order valence-electron chi connectivity index (χ3n) is 6.04. The molecule has 0 radical (unpaired) electrons. The molecule has 1 aromatic heterocycles. The molecule has 0 N–H and O–H groups in total. The first-order chi connectivity index (χ1) is 14.2. The molecule has 0 saturated carbocycles. The molecule has 0 spiro atoms. The molecule has 0 atom stereocenters. The molecule has 6 aromatic rings. The Labute approximate surface area is 169 Å². The fraction of sp³-hybridized carbons (Fsp3) is 0.0714. The molecular weight excluding hydrogens is 350 g/mol. The molecule has 0 fully saturated rings. The van der Waals surface area contributed by atoms with Crippen molar-refractivity contribution in [1.82, 2.24) is 4.57 Å². The Balaban J connectivity index is 1.94. The van der Waals surface area contributed by atoms with Gasteiger partial charge >= 0.3 is 0 Å². The molecule has 0 aliphatic heterocycles. The summed E-state index contributed by atoms with van der Waals surface area (Å²) in [5.74, 6) is 0. The molecule has 0 aliphatic carbocycles. The lowest BCUT2D eigenvalue weighted by atomic mass is 10.0. The SMILES string of the molecule is Cc1ccc2c3ccc(C)cc3n(-c3c4ccccc4cc4ccccc34)c2c1. The van der Waals surface area contributed by atoms with E-state index in [1.165, 1.54) is 60.2 Å². The van der Waals surface area contributed by atoms with Crippen molar-refractivity contribution in [1.29, 1.82) is 0 Å². The Morgan fingerprint density at radius 3 is 1.48 bits per heavy atom. The van der Waals surface area contributed by atoms with E-state index in [1.54, 1.807) is 0 Å². The highest BCUT2D eigenvalue weighted by Gasteiger charge is 2.17. The van der Waals surface area contributed by atoms with Crippen LogP contribution in [0.5, 0.6) is 0 Å². The Hall–Kier alpha value is -3.58. The number of benzene rings is 5. The number of aryl methyl sites for hydroxylation is 2. The maximum atomic E-state index is 2.48. The van der Waals surface area contributed by atoms with Gasteiger partial charge in [0.1, 0.15) is 0 Å². The van der Waals surface area contributed by atoms with E-state index in [9.17, 15) is 0 Å². The number of nitrogens with zero attached hydrogens (tertiary/aromatic N) is 1. The molecule has 0 unspecified atom stereocenters. The highest BCUT2D eigenvalue weighted by atomic mass is 15.0. The topological polar surface area (TPSA) is 4.93 Å². The molecule has 0 aliphatic rings. The summed E-state index contributed by atoms with van der Waals surface area (Å²) in [6.45, 7) is 4.35. The zero-order chi connectivity index (χ0) is 19.5. The van der Waals surface area contributed by atoms with Gasteiger partial charge in [-0.3, -0.25) is 0 Å². The lowest BCUT2D eigenvalue weighted by Crippen LogP contribution is -1.97. The summed E-state index contributed by atoms with van der Waals surface area (Å²) in [5.41, 5.74) is 6.37. The number of fused-ring (bicyclic) bond motifs is 5. The summed E-state index contributed by atoms with van der Waals surface area (Å²) in [5, 5.41) is 7.74. The van der Waals surface area contributed by atoms with Crippen LogP contribution in [0.3, 0.4) is 0 Å². The Kier molecular flexibility index (Phi) is 3.36. The van der Waals surface area contributed by atoms with Crippen molar-refractivity contribution >= 4 is 43.4 Å². The van der Waals surface area contributed by atoms with E-state index in [0.717, 1.165) is 0 Å². The van der Waals surface area contributed by atoms with Crippen LogP contribution in [-0.2, 0) is 0 Å². The summed E-state index contributed by atoms with van der Waals surface area (Å²) < 4.78 is 2.48. The van der Waals surface area contributed by atoms with Crippen LogP contribution in [0.15, 0.2) is 91.0 Å². The molecule has 29 heavy (non-hydrogen) atoms. The van der Waals surface area contributed by atoms with Crippen LogP contribution < -0.4 is 0 Å². The van der Waals surface area contributed by atoms with Gasteiger partial charge in [0, 0.05) is 21.5 Å². The average molecular weight is 371 g/mol. The van der Waals surface area contributed by atoms with E-state index in [4.69, 9.17) is 0 Å². The quantitative estimate of drug-likeness (QED) is 0.261. The van der Waals surface area contributed by atoms with Crippen LogP contribution in [-0.4, -0.2) is 4.57 Å². The summed E-state index contributed by atoms with van der Waals surface area (Å²) in [6, 6.07) is 33.4. The number of hydrogen-bond donors (Lipinski definition) is 0. The van der Waals surface area contributed by atoms with Gasteiger partial charge in [0.2, 0.25) is 0 Å². The first kappa shape index (κ1) is 16.4. The third kappa shape index (κ3) is 2.34. The van der Waals surface area contributed by atoms with Crippen LogP contribution in [0.1, 0.15) is 11.1 Å². The van der Waals surface area contributed by atoms with Gasteiger partial charge in [0.15, 0.2) is 0 Å². The predicted octanol–water partition coefficient (Wildman–Crippen LogP) is 7.71. The standard InChI is InChI=1S/C28H21N/c1-18-11-13-24-25-14-12-19(2)16-27(25)29(26(24)15-18)28-22-9-5-3-7-20(22)17-21-8-4-6-10-23(21)28/h3-17H,1-2H3. The van der Waals surface area contributed by atoms with Crippen LogP contribution in [0, 0.1) is 13.8 Å². The third-order valence-corrected chi connectivity index (χ3v) is 6.04. The van der Waals surface area contributed by atoms with Crippen molar-refractivity contribution in [3.63, 3.8) is 0 Å². The van der Waals surface area contributed by atoms with Crippen LogP contribution in [0.2, 0.25) is 0 Å². The minimum Gasteiger partial charge on any atom is -0.308 e. The maximum absolute atomic E-state index is 2.48. The van der Waals surface area contributed by atoms with E-state index in [0.29, 0.717) is 0 Å². The van der Waals surface area contributed by atoms with E-state index in [-0.39, 0.29) is 0 Å². The first-order valence-electron chi connectivity index (χ1n) is 10.1. The lowest BCUT2D eigenvalue weighted by Gasteiger charge is -2.16. The average Bonchev–Trinajstić information content (AvgIpc) is 3.04. The molecule has 0 saturated heterocycles. The van der Waals surface area contributed by atoms with Gasteiger partial charge in [0.25, 0.3) is 0 Å². The van der Waals surface area contributed by atoms with E-state index in [1.807, 2.05) is 0 Å². The predicted molar refractivity (Wildman–Crippen MR) is 125 cm³/mol. The maximum Gasteiger partial charge on any atom is 0.0618 e. The van der Waals surface area contributed by atoms with Gasteiger partial charge in [-0.2, -0.15) is 0 Å². The Morgan fingerprint density at radius 1 is 0.483 bits per heavy atom. The van der Waals surface area contributed by atoms with E-state index >= 15 is 0 Å². The van der Waals surface area contributed by atoms with Crippen molar-refractivity contribution in [2.45, 2.75) is 13.8 Å². The van der Waals surface area contributed by atoms with Crippen molar-refractivity contribution in [3.8, 4) is 5.69 Å². The summed E-state index contributed by atoms with van der Waals surface area (Å²) in [7, 11) is 0. The summed E-state index contributed by atoms with van der Waals surface area (Å²) >= 11 is 0. The monoisotopic (exact) mass is 371 g/mol. The second-order valence-electron chi connectivity index (χ2n) is 8.04. The normalized spacial score (nSPS) is 11.8. The fourth-order valence-corrected chi connectivity index (χ4v) is 4.71. The van der Waals surface area contributed by atoms with E-state index in [2.05, 4.69) is 109 Å². The van der Waals surface area contributed by atoms with Gasteiger partial charge < -0.3 is 4.57 Å². The van der Waals surface area contributed by atoms with Gasteiger partial charge in [-0.25, -0.2) is 0 Å². The lowest BCUT2D eigenvalue weighted by molar-refractivity contribution is 1.21. The van der Waals surface area contributed by atoms with Crippen LogP contribution in [0.4, 0.5) is 0 Å². The molecule has 1 nitrogen and oxygen atoms in total. The largest absolute Gasteiger partial charge is 0.308 e. The fourth-order valence-electron chi connectivity index (χ4n) is 4.71. The minimum absolute atomic E-state index is 1.27. The van der Waals surface area contributed by atoms with Crippen LogP contribution >= 0.6 is 0 Å². The number of hydrogen-bond acceptors (Lipinski definition) is 0. The minimum atomic E-state index is 1.27. The van der Waals surface area contributed by atoms with Crippen molar-refractivity contribution in [3.05, 3.63) is 102 Å². The molecule has 138 valence electrons. The van der Waals surface area contributed by atoms with Crippen molar-refractivity contribution in [2.24, 2.45) is 0 Å². The summed E-state index contributed by atoms with van der Waals surface area (Å²) in [6.07, 6.45) is 0.